The molecule has 0 spiro atoms. The number of aliphatic hydroxyl groups is 1. The first-order valence-electron chi connectivity index (χ1n) is 7.59. The monoisotopic (exact) mass is 298 g/mol. The van der Waals surface area contributed by atoms with Crippen molar-refractivity contribution in [1.29, 1.82) is 0 Å². The lowest BCUT2D eigenvalue weighted by atomic mass is 9.85. The normalized spacial score (nSPS) is 24.3. The highest BCUT2D eigenvalue weighted by molar-refractivity contribution is 5.88. The van der Waals surface area contributed by atoms with Crippen LogP contribution in [0.3, 0.4) is 0 Å². The molecule has 0 saturated carbocycles. The van der Waals surface area contributed by atoms with E-state index in [2.05, 4.69) is 6.92 Å². The maximum Gasteiger partial charge on any atom is 0.334 e. The van der Waals surface area contributed by atoms with E-state index in [1.807, 2.05) is 36.4 Å². The van der Waals surface area contributed by atoms with E-state index in [1.165, 1.54) is 0 Å². The van der Waals surface area contributed by atoms with Crippen LogP contribution in [0.15, 0.2) is 66.3 Å². The van der Waals surface area contributed by atoms with Gasteiger partial charge in [-0.1, -0.05) is 61.9 Å². The van der Waals surface area contributed by atoms with Crippen LogP contribution in [0.25, 0.3) is 0 Å². The van der Waals surface area contributed by atoms with Crippen LogP contribution in [-0.2, 0) is 15.1 Å². The fourth-order valence-corrected chi connectivity index (χ4v) is 2.36. The average molecular weight is 298 g/mol. The minimum absolute atomic E-state index is 0.396. The number of hydrogen-bond donors (Lipinski definition) is 1. The lowest BCUT2D eigenvalue weighted by molar-refractivity contribution is -0.151. The zero-order valence-electron chi connectivity index (χ0n) is 13.0. The second kappa shape index (κ2) is 7.23. The summed E-state index contributed by atoms with van der Waals surface area (Å²) in [6.07, 6.45) is 9.85. The third kappa shape index (κ3) is 3.55. The number of rotatable bonds is 5. The zero-order chi connectivity index (χ0) is 16.0. The molecular formula is C19H22O3. The van der Waals surface area contributed by atoms with E-state index in [0.29, 0.717) is 11.1 Å². The summed E-state index contributed by atoms with van der Waals surface area (Å²) in [6, 6.07) is 9.23. The van der Waals surface area contributed by atoms with Crippen molar-refractivity contribution in [2.45, 2.75) is 38.4 Å². The van der Waals surface area contributed by atoms with Crippen LogP contribution < -0.4 is 0 Å². The zero-order valence-corrected chi connectivity index (χ0v) is 13.0. The first kappa shape index (κ1) is 16.2. The number of carbonyl (C=O) groups is 1. The molecule has 116 valence electrons. The van der Waals surface area contributed by atoms with Gasteiger partial charge in [0.05, 0.1) is 0 Å². The van der Waals surface area contributed by atoms with Gasteiger partial charge in [0.2, 0.25) is 0 Å². The van der Waals surface area contributed by atoms with Gasteiger partial charge in [0.1, 0.15) is 5.60 Å². The molecule has 0 amide bonds. The molecule has 0 aliphatic heterocycles. The summed E-state index contributed by atoms with van der Waals surface area (Å²) in [4.78, 5) is 12.2. The molecule has 1 aliphatic rings. The summed E-state index contributed by atoms with van der Waals surface area (Å²) in [5, 5.41) is 11.0. The van der Waals surface area contributed by atoms with Crippen molar-refractivity contribution in [2.24, 2.45) is 0 Å². The predicted octanol–water partition coefficient (Wildman–Crippen LogP) is 3.66. The van der Waals surface area contributed by atoms with E-state index in [4.69, 9.17) is 4.74 Å². The molecule has 0 saturated heterocycles. The van der Waals surface area contributed by atoms with E-state index in [1.54, 1.807) is 31.2 Å². The largest absolute Gasteiger partial charge is 0.451 e. The predicted molar refractivity (Wildman–Crippen MR) is 87.2 cm³/mol. The molecular weight excluding hydrogens is 276 g/mol. The average Bonchev–Trinajstić information content (AvgIpc) is 2.55. The second-order valence-corrected chi connectivity index (χ2v) is 5.44. The van der Waals surface area contributed by atoms with Gasteiger partial charge in [-0.15, -0.1) is 0 Å². The van der Waals surface area contributed by atoms with Crippen molar-refractivity contribution >= 4 is 5.97 Å². The first-order chi connectivity index (χ1) is 10.6. The molecule has 2 unspecified atom stereocenters. The molecule has 1 aromatic rings. The van der Waals surface area contributed by atoms with E-state index >= 15 is 0 Å². The van der Waals surface area contributed by atoms with Gasteiger partial charge in [0.15, 0.2) is 6.10 Å². The quantitative estimate of drug-likeness (QED) is 0.666. The van der Waals surface area contributed by atoms with Gasteiger partial charge >= 0.3 is 5.97 Å². The molecule has 1 aliphatic carbocycles. The Morgan fingerprint density at radius 1 is 1.32 bits per heavy atom. The van der Waals surface area contributed by atoms with Crippen LogP contribution in [0.2, 0.25) is 0 Å². The van der Waals surface area contributed by atoms with Crippen LogP contribution in [0.5, 0.6) is 0 Å². The Kier molecular flexibility index (Phi) is 5.34. The Bertz CT molecular complexity index is 598. The summed E-state index contributed by atoms with van der Waals surface area (Å²) >= 11 is 0. The molecule has 0 radical (unpaired) electrons. The minimum atomic E-state index is -1.34. The number of carbonyl (C=O) groups excluding carboxylic acids is 1. The van der Waals surface area contributed by atoms with Gasteiger partial charge in [-0.25, -0.2) is 4.79 Å². The van der Waals surface area contributed by atoms with Gasteiger partial charge in [0, 0.05) is 5.57 Å². The van der Waals surface area contributed by atoms with Crippen molar-refractivity contribution in [3.05, 3.63) is 71.8 Å². The van der Waals surface area contributed by atoms with Crippen molar-refractivity contribution in [3.8, 4) is 0 Å². The highest BCUT2D eigenvalue weighted by Crippen LogP contribution is 2.32. The molecule has 2 atom stereocenters. The number of hydrogen-bond acceptors (Lipinski definition) is 3. The van der Waals surface area contributed by atoms with Crippen LogP contribution in [0.1, 0.15) is 32.3 Å². The van der Waals surface area contributed by atoms with Crippen LogP contribution in [-0.4, -0.2) is 17.2 Å². The lowest BCUT2D eigenvalue weighted by Crippen LogP contribution is -2.41. The summed E-state index contributed by atoms with van der Waals surface area (Å²) in [5.74, 6) is -0.396. The molecule has 0 fully saturated rings. The van der Waals surface area contributed by atoms with Crippen LogP contribution >= 0.6 is 0 Å². The third-order valence-electron chi connectivity index (χ3n) is 3.71. The van der Waals surface area contributed by atoms with Gasteiger partial charge in [-0.2, -0.15) is 0 Å². The molecule has 0 aromatic heterocycles. The topological polar surface area (TPSA) is 46.5 Å². The number of allylic oxidation sites excluding steroid dienone is 3. The Labute approximate surface area is 131 Å². The Balaban J connectivity index is 2.20. The lowest BCUT2D eigenvalue weighted by Gasteiger charge is -2.33. The fraction of sp³-hybridized carbons (Fsp3) is 0.316. The maximum atomic E-state index is 12.2. The van der Waals surface area contributed by atoms with Crippen molar-refractivity contribution in [1.82, 2.24) is 0 Å². The summed E-state index contributed by atoms with van der Waals surface area (Å²) < 4.78 is 5.52. The van der Waals surface area contributed by atoms with Gasteiger partial charge in [0.25, 0.3) is 0 Å². The van der Waals surface area contributed by atoms with Crippen LogP contribution in [0.4, 0.5) is 0 Å². The highest BCUT2D eigenvalue weighted by atomic mass is 16.6. The maximum absolute atomic E-state index is 12.2. The van der Waals surface area contributed by atoms with Crippen molar-refractivity contribution < 1.29 is 14.6 Å². The molecule has 3 nitrogen and oxygen atoms in total. The number of ether oxygens (including phenoxy) is 1. The van der Waals surface area contributed by atoms with Crippen molar-refractivity contribution in [3.63, 3.8) is 0 Å². The Hall–Kier alpha value is -2.13. The summed E-state index contributed by atoms with van der Waals surface area (Å²) in [6.45, 7) is 3.79. The number of benzene rings is 1. The minimum Gasteiger partial charge on any atom is -0.451 e. The Morgan fingerprint density at radius 2 is 2.05 bits per heavy atom. The van der Waals surface area contributed by atoms with E-state index in [-0.39, 0.29) is 0 Å². The van der Waals surface area contributed by atoms with E-state index < -0.39 is 17.7 Å². The third-order valence-corrected chi connectivity index (χ3v) is 3.71. The van der Waals surface area contributed by atoms with Crippen LogP contribution in [0, 0.1) is 0 Å². The second-order valence-electron chi connectivity index (χ2n) is 5.44. The highest BCUT2D eigenvalue weighted by Gasteiger charge is 2.38. The van der Waals surface area contributed by atoms with Gasteiger partial charge in [-0.05, 0) is 31.1 Å². The van der Waals surface area contributed by atoms with Gasteiger partial charge < -0.3 is 9.84 Å². The van der Waals surface area contributed by atoms with Gasteiger partial charge in [-0.3, -0.25) is 0 Å². The smallest absolute Gasteiger partial charge is 0.334 e. The summed E-state index contributed by atoms with van der Waals surface area (Å²) in [7, 11) is 0. The van der Waals surface area contributed by atoms with E-state index in [0.717, 1.165) is 12.8 Å². The van der Waals surface area contributed by atoms with Crippen molar-refractivity contribution in [2.75, 3.05) is 0 Å². The SMILES string of the molecule is CCCC=C(C)C(=O)OC1C=CC=CC1(O)c1ccccc1. The molecule has 1 aromatic carbocycles. The molecule has 1 N–H and O–H groups in total. The first-order valence-corrected chi connectivity index (χ1v) is 7.59. The molecule has 22 heavy (non-hydrogen) atoms. The number of unbranched alkanes of at least 4 members (excludes halogenated alkanes) is 1. The molecule has 2 rings (SSSR count). The Morgan fingerprint density at radius 3 is 2.73 bits per heavy atom. The van der Waals surface area contributed by atoms with E-state index in [9.17, 15) is 9.90 Å². The molecule has 0 heterocycles. The summed E-state index contributed by atoms with van der Waals surface area (Å²) in [5.41, 5.74) is -0.0692. The number of esters is 1. The fourth-order valence-electron chi connectivity index (χ4n) is 2.36. The molecule has 3 heteroatoms. The molecule has 0 bridgehead atoms. The standard InChI is InChI=1S/C19H22O3/c1-3-4-10-15(2)18(20)22-17-13-8-9-14-19(17,21)16-11-6-5-7-12-16/h5-14,17,21H,3-4H2,1-2H3.